The molecular formula is C13H9F2NO3. The summed E-state index contributed by atoms with van der Waals surface area (Å²) in [6.45, 7) is 0. The molecule has 0 saturated carbocycles. The number of hydrogen-bond acceptors (Lipinski definition) is 3. The number of anilines is 1. The van der Waals surface area contributed by atoms with Crippen LogP contribution in [0.15, 0.2) is 36.4 Å². The number of amides is 1. The van der Waals surface area contributed by atoms with Crippen molar-refractivity contribution in [1.29, 1.82) is 0 Å². The van der Waals surface area contributed by atoms with E-state index in [0.29, 0.717) is 0 Å². The zero-order valence-electron chi connectivity index (χ0n) is 9.52. The molecule has 0 fully saturated rings. The Bertz CT molecular complexity index is 624. The Morgan fingerprint density at radius 1 is 1.00 bits per heavy atom. The van der Waals surface area contributed by atoms with Gasteiger partial charge >= 0.3 is 0 Å². The van der Waals surface area contributed by atoms with Gasteiger partial charge in [-0.05, 0) is 24.3 Å². The lowest BCUT2D eigenvalue weighted by molar-refractivity contribution is 0.102. The molecule has 0 aliphatic heterocycles. The molecule has 1 amide bonds. The van der Waals surface area contributed by atoms with E-state index in [1.165, 1.54) is 18.2 Å². The molecule has 0 spiro atoms. The highest BCUT2D eigenvalue weighted by molar-refractivity contribution is 6.08. The van der Waals surface area contributed by atoms with Gasteiger partial charge < -0.3 is 15.5 Å². The van der Waals surface area contributed by atoms with Crippen molar-refractivity contribution < 1.29 is 23.8 Å². The number of phenols is 2. The first-order valence-corrected chi connectivity index (χ1v) is 5.26. The van der Waals surface area contributed by atoms with Gasteiger partial charge in [0.25, 0.3) is 5.91 Å². The predicted molar refractivity (Wildman–Crippen MR) is 64.1 cm³/mol. The molecule has 0 heterocycles. The number of carbonyl (C=O) groups is 1. The Hall–Kier alpha value is -2.63. The van der Waals surface area contributed by atoms with Crippen molar-refractivity contribution in [2.24, 2.45) is 0 Å². The lowest BCUT2D eigenvalue weighted by Gasteiger charge is -2.08. The SMILES string of the molecule is O=C(Nc1ccc(F)c(F)c1)c1c(O)cccc1O. The quantitative estimate of drug-likeness (QED) is 0.781. The van der Waals surface area contributed by atoms with Crippen LogP contribution in [0.1, 0.15) is 10.4 Å². The topological polar surface area (TPSA) is 69.6 Å². The monoisotopic (exact) mass is 265 g/mol. The van der Waals surface area contributed by atoms with E-state index in [1.54, 1.807) is 0 Å². The highest BCUT2D eigenvalue weighted by Gasteiger charge is 2.16. The molecule has 0 unspecified atom stereocenters. The molecule has 6 heteroatoms. The summed E-state index contributed by atoms with van der Waals surface area (Å²) in [6, 6.07) is 6.62. The molecule has 4 nitrogen and oxygen atoms in total. The number of nitrogens with one attached hydrogen (secondary N) is 1. The number of rotatable bonds is 2. The molecule has 2 aromatic carbocycles. The summed E-state index contributed by atoms with van der Waals surface area (Å²) < 4.78 is 25.7. The van der Waals surface area contributed by atoms with Gasteiger partial charge in [0.2, 0.25) is 0 Å². The van der Waals surface area contributed by atoms with E-state index < -0.39 is 29.0 Å². The zero-order chi connectivity index (χ0) is 14.0. The Kier molecular flexibility index (Phi) is 3.33. The number of benzene rings is 2. The first-order chi connectivity index (χ1) is 8.99. The van der Waals surface area contributed by atoms with Gasteiger partial charge in [-0.15, -0.1) is 0 Å². The van der Waals surface area contributed by atoms with Crippen LogP contribution in [-0.4, -0.2) is 16.1 Å². The zero-order valence-corrected chi connectivity index (χ0v) is 9.52. The van der Waals surface area contributed by atoms with Crippen molar-refractivity contribution in [2.45, 2.75) is 0 Å². The summed E-state index contributed by atoms with van der Waals surface area (Å²) in [5.41, 5.74) is -0.334. The lowest BCUT2D eigenvalue weighted by atomic mass is 10.1. The number of carbonyl (C=O) groups excluding carboxylic acids is 1. The third kappa shape index (κ3) is 2.62. The fourth-order valence-corrected chi connectivity index (χ4v) is 1.53. The molecule has 0 radical (unpaired) electrons. The van der Waals surface area contributed by atoms with Crippen LogP contribution < -0.4 is 5.32 Å². The smallest absolute Gasteiger partial charge is 0.263 e. The average Bonchev–Trinajstić information content (AvgIpc) is 2.33. The molecule has 0 aliphatic carbocycles. The van der Waals surface area contributed by atoms with Gasteiger partial charge in [0.1, 0.15) is 17.1 Å². The molecule has 3 N–H and O–H groups in total. The van der Waals surface area contributed by atoms with Gasteiger partial charge in [0.15, 0.2) is 11.6 Å². The standard InChI is InChI=1S/C13H9F2NO3/c14-8-5-4-7(6-9(8)15)16-13(19)12-10(17)2-1-3-11(12)18/h1-6,17-18H,(H,16,19). The van der Waals surface area contributed by atoms with Gasteiger partial charge in [0.05, 0.1) is 0 Å². The number of halogens is 2. The number of hydrogen-bond donors (Lipinski definition) is 3. The third-order valence-electron chi connectivity index (χ3n) is 2.43. The summed E-state index contributed by atoms with van der Waals surface area (Å²) in [6.07, 6.45) is 0. The van der Waals surface area contributed by atoms with E-state index in [4.69, 9.17) is 0 Å². The van der Waals surface area contributed by atoms with Crippen LogP contribution in [0.5, 0.6) is 11.5 Å². The predicted octanol–water partition coefficient (Wildman–Crippen LogP) is 2.63. The Morgan fingerprint density at radius 2 is 1.63 bits per heavy atom. The first kappa shape index (κ1) is 12.8. The average molecular weight is 265 g/mol. The van der Waals surface area contributed by atoms with E-state index >= 15 is 0 Å². The molecule has 0 aromatic heterocycles. The minimum Gasteiger partial charge on any atom is -0.507 e. The second-order valence-corrected chi connectivity index (χ2v) is 3.75. The molecular weight excluding hydrogens is 256 g/mol. The summed E-state index contributed by atoms with van der Waals surface area (Å²) in [7, 11) is 0. The highest BCUT2D eigenvalue weighted by Crippen LogP contribution is 2.27. The van der Waals surface area contributed by atoms with Crippen LogP contribution in [0, 0.1) is 11.6 Å². The van der Waals surface area contributed by atoms with Crippen molar-refractivity contribution in [1.82, 2.24) is 0 Å². The molecule has 19 heavy (non-hydrogen) atoms. The minimum absolute atomic E-state index is 0.00607. The third-order valence-corrected chi connectivity index (χ3v) is 2.43. The molecule has 0 aliphatic rings. The first-order valence-electron chi connectivity index (χ1n) is 5.26. The minimum atomic E-state index is -1.11. The molecule has 2 rings (SSSR count). The van der Waals surface area contributed by atoms with E-state index in [2.05, 4.69) is 5.32 Å². The van der Waals surface area contributed by atoms with Crippen molar-refractivity contribution >= 4 is 11.6 Å². The molecule has 0 atom stereocenters. The van der Waals surface area contributed by atoms with Crippen LogP contribution in [0.2, 0.25) is 0 Å². The Labute approximate surface area is 106 Å². The number of phenolic OH excluding ortho intramolecular Hbond substituents is 2. The summed E-state index contributed by atoms with van der Waals surface area (Å²) in [5, 5.41) is 21.2. The molecule has 2 aromatic rings. The summed E-state index contributed by atoms with van der Waals surface area (Å²) in [4.78, 5) is 11.8. The molecule has 98 valence electrons. The largest absolute Gasteiger partial charge is 0.507 e. The Morgan fingerprint density at radius 3 is 2.21 bits per heavy atom. The van der Waals surface area contributed by atoms with Crippen molar-refractivity contribution in [2.75, 3.05) is 5.32 Å². The van der Waals surface area contributed by atoms with Crippen LogP contribution in [0.25, 0.3) is 0 Å². The van der Waals surface area contributed by atoms with Crippen LogP contribution in [0.3, 0.4) is 0 Å². The maximum atomic E-state index is 13.0. The van der Waals surface area contributed by atoms with Crippen LogP contribution in [0.4, 0.5) is 14.5 Å². The highest BCUT2D eigenvalue weighted by atomic mass is 19.2. The second kappa shape index (κ2) is 4.93. The van der Waals surface area contributed by atoms with Gasteiger partial charge in [-0.25, -0.2) is 8.78 Å². The van der Waals surface area contributed by atoms with E-state index in [-0.39, 0.29) is 11.3 Å². The molecule has 0 saturated heterocycles. The van der Waals surface area contributed by atoms with Crippen molar-refractivity contribution in [3.05, 3.63) is 53.6 Å². The molecule has 0 bridgehead atoms. The van der Waals surface area contributed by atoms with E-state index in [1.807, 2.05) is 0 Å². The van der Waals surface area contributed by atoms with Gasteiger partial charge in [0, 0.05) is 11.8 Å². The summed E-state index contributed by atoms with van der Waals surface area (Å²) in [5.74, 6) is -3.82. The van der Waals surface area contributed by atoms with E-state index in [0.717, 1.165) is 18.2 Å². The van der Waals surface area contributed by atoms with Gasteiger partial charge in [-0.2, -0.15) is 0 Å². The fourth-order valence-electron chi connectivity index (χ4n) is 1.53. The van der Waals surface area contributed by atoms with Crippen LogP contribution >= 0.6 is 0 Å². The van der Waals surface area contributed by atoms with E-state index in [9.17, 15) is 23.8 Å². The van der Waals surface area contributed by atoms with Crippen molar-refractivity contribution in [3.8, 4) is 11.5 Å². The fraction of sp³-hybridized carbons (Fsp3) is 0. The van der Waals surface area contributed by atoms with Gasteiger partial charge in [-0.1, -0.05) is 6.07 Å². The normalized spacial score (nSPS) is 10.2. The second-order valence-electron chi connectivity index (χ2n) is 3.75. The van der Waals surface area contributed by atoms with Gasteiger partial charge in [-0.3, -0.25) is 4.79 Å². The number of aromatic hydroxyl groups is 2. The lowest BCUT2D eigenvalue weighted by Crippen LogP contribution is -2.12. The Balaban J connectivity index is 2.28. The maximum Gasteiger partial charge on any atom is 0.263 e. The van der Waals surface area contributed by atoms with Crippen molar-refractivity contribution in [3.63, 3.8) is 0 Å². The maximum absolute atomic E-state index is 13.0. The summed E-state index contributed by atoms with van der Waals surface area (Å²) >= 11 is 0. The van der Waals surface area contributed by atoms with Crippen LogP contribution in [-0.2, 0) is 0 Å².